The Labute approximate surface area is 158 Å². The Morgan fingerprint density at radius 1 is 1.17 bits per heavy atom. The zero-order valence-corrected chi connectivity index (χ0v) is 16.4. The summed E-state index contributed by atoms with van der Waals surface area (Å²) in [5.74, 6) is 1.15. The fraction of sp³-hybridized carbons (Fsp3) is 0.562. The molecule has 2 N–H and O–H groups in total. The van der Waals surface area contributed by atoms with Gasteiger partial charge in [0.15, 0.2) is 5.96 Å². The molecule has 4 nitrogen and oxygen atoms in total. The maximum atomic E-state index is 12.2. The van der Waals surface area contributed by atoms with E-state index in [-0.39, 0.29) is 36.6 Å². The lowest BCUT2D eigenvalue weighted by Gasteiger charge is -2.13. The summed E-state index contributed by atoms with van der Waals surface area (Å²) in [5, 5.41) is 5.60. The number of alkyl halides is 3. The van der Waals surface area contributed by atoms with Crippen LogP contribution < -0.4 is 15.4 Å². The topological polar surface area (TPSA) is 45.7 Å². The number of halogens is 4. The molecule has 0 unspecified atom stereocenters. The third-order valence-corrected chi connectivity index (χ3v) is 2.76. The lowest BCUT2D eigenvalue weighted by atomic mass is 10.2. The maximum Gasteiger partial charge on any atom is 0.390 e. The molecule has 0 aliphatic carbocycles. The molecule has 0 fully saturated rings. The molecule has 138 valence electrons. The van der Waals surface area contributed by atoms with E-state index in [0.29, 0.717) is 19.0 Å². The second-order valence-electron chi connectivity index (χ2n) is 5.30. The first-order valence-corrected chi connectivity index (χ1v) is 7.64. The summed E-state index contributed by atoms with van der Waals surface area (Å²) in [6.07, 6.45) is -4.95. The summed E-state index contributed by atoms with van der Waals surface area (Å²) in [5.41, 5.74) is 0.953. The van der Waals surface area contributed by atoms with E-state index in [1.165, 1.54) is 0 Å². The van der Waals surface area contributed by atoms with E-state index < -0.39 is 12.6 Å². The van der Waals surface area contributed by atoms with Crippen molar-refractivity contribution in [2.75, 3.05) is 13.1 Å². The predicted molar refractivity (Wildman–Crippen MR) is 101 cm³/mol. The van der Waals surface area contributed by atoms with Gasteiger partial charge in [0.25, 0.3) is 0 Å². The van der Waals surface area contributed by atoms with Crippen LogP contribution in [0.4, 0.5) is 13.2 Å². The van der Waals surface area contributed by atoms with Crippen molar-refractivity contribution in [3.63, 3.8) is 0 Å². The fourth-order valence-corrected chi connectivity index (χ4v) is 1.78. The van der Waals surface area contributed by atoms with Crippen LogP contribution in [0.25, 0.3) is 0 Å². The first-order valence-electron chi connectivity index (χ1n) is 7.64. The second-order valence-corrected chi connectivity index (χ2v) is 5.30. The molecule has 8 heteroatoms. The molecule has 0 saturated heterocycles. The molecule has 0 amide bonds. The van der Waals surface area contributed by atoms with Crippen molar-refractivity contribution in [3.05, 3.63) is 29.8 Å². The minimum absolute atomic E-state index is 0. The number of nitrogens with one attached hydrogen (secondary N) is 2. The highest BCUT2D eigenvalue weighted by Gasteiger charge is 2.26. The Balaban J connectivity index is 0.00000529. The van der Waals surface area contributed by atoms with Crippen LogP contribution in [0.3, 0.4) is 0 Å². The van der Waals surface area contributed by atoms with Gasteiger partial charge >= 0.3 is 6.18 Å². The number of hydrogen-bond donors (Lipinski definition) is 2. The molecule has 0 aliphatic rings. The summed E-state index contributed by atoms with van der Waals surface area (Å²) >= 11 is 0. The van der Waals surface area contributed by atoms with Gasteiger partial charge < -0.3 is 15.4 Å². The van der Waals surface area contributed by atoms with Gasteiger partial charge in [0.1, 0.15) is 5.75 Å². The lowest BCUT2D eigenvalue weighted by molar-refractivity contribution is -0.132. The summed E-state index contributed by atoms with van der Waals surface area (Å²) in [4.78, 5) is 4.28. The van der Waals surface area contributed by atoms with Crippen LogP contribution >= 0.6 is 24.0 Å². The Kier molecular flexibility index (Phi) is 10.8. The van der Waals surface area contributed by atoms with E-state index in [0.717, 1.165) is 11.3 Å². The van der Waals surface area contributed by atoms with Crippen LogP contribution in [0.2, 0.25) is 0 Å². The minimum atomic E-state index is -4.17. The van der Waals surface area contributed by atoms with Crippen LogP contribution in [-0.2, 0) is 6.54 Å². The van der Waals surface area contributed by atoms with Crippen molar-refractivity contribution in [2.45, 2.75) is 46.0 Å². The molecule has 0 atom stereocenters. The van der Waals surface area contributed by atoms with E-state index in [1.807, 2.05) is 45.0 Å². The highest BCUT2D eigenvalue weighted by molar-refractivity contribution is 14.0. The molecule has 1 rings (SSSR count). The number of nitrogens with zero attached hydrogens (tertiary/aromatic N) is 1. The molecule has 0 aliphatic heterocycles. The standard InChI is InChI=1S/C16H24F3N3O.HI/c1-4-20-15(21-10-9-16(17,18)19)22-11-13-5-7-14(8-6-13)23-12(2)3;/h5-8,12H,4,9-11H2,1-3H3,(H2,20,21,22);1H. The zero-order chi connectivity index (χ0) is 17.3. The van der Waals surface area contributed by atoms with Crippen molar-refractivity contribution >= 4 is 29.9 Å². The molecule has 0 heterocycles. The maximum absolute atomic E-state index is 12.2. The number of aliphatic imine (C=N–C) groups is 1. The minimum Gasteiger partial charge on any atom is -0.491 e. The molecule has 0 saturated carbocycles. The molecular weight excluding hydrogens is 434 g/mol. The Hall–Kier alpha value is -1.19. The molecule has 0 spiro atoms. The number of benzene rings is 1. The van der Waals surface area contributed by atoms with Crippen LogP contribution in [-0.4, -0.2) is 31.3 Å². The first-order chi connectivity index (χ1) is 10.8. The Morgan fingerprint density at radius 2 is 1.79 bits per heavy atom. The van der Waals surface area contributed by atoms with Crippen LogP contribution in [0.15, 0.2) is 29.3 Å². The quantitative estimate of drug-likeness (QED) is 0.367. The summed E-state index contributed by atoms with van der Waals surface area (Å²) in [6.45, 7) is 6.53. The van der Waals surface area contributed by atoms with E-state index in [2.05, 4.69) is 15.6 Å². The van der Waals surface area contributed by atoms with Crippen LogP contribution in [0.1, 0.15) is 32.8 Å². The van der Waals surface area contributed by atoms with E-state index in [4.69, 9.17) is 4.74 Å². The summed E-state index contributed by atoms with van der Waals surface area (Å²) in [6, 6.07) is 7.49. The van der Waals surface area contributed by atoms with Gasteiger partial charge in [-0.05, 0) is 38.5 Å². The van der Waals surface area contributed by atoms with Gasteiger partial charge in [-0.2, -0.15) is 13.2 Å². The largest absolute Gasteiger partial charge is 0.491 e. The first kappa shape index (κ1) is 22.8. The highest BCUT2D eigenvalue weighted by atomic mass is 127. The number of hydrogen-bond acceptors (Lipinski definition) is 2. The monoisotopic (exact) mass is 459 g/mol. The van der Waals surface area contributed by atoms with Crippen LogP contribution in [0, 0.1) is 0 Å². The van der Waals surface area contributed by atoms with Crippen molar-refractivity contribution in [3.8, 4) is 5.75 Å². The van der Waals surface area contributed by atoms with E-state index in [1.54, 1.807) is 0 Å². The smallest absolute Gasteiger partial charge is 0.390 e. The molecule has 0 aromatic heterocycles. The zero-order valence-electron chi connectivity index (χ0n) is 14.1. The SMILES string of the molecule is CCNC(=NCc1ccc(OC(C)C)cc1)NCCC(F)(F)F.I. The van der Waals surface area contributed by atoms with Crippen LogP contribution in [0.5, 0.6) is 5.75 Å². The normalized spacial score (nSPS) is 11.9. The molecular formula is C16H25F3IN3O. The number of ether oxygens (including phenoxy) is 1. The van der Waals surface area contributed by atoms with Crippen molar-refractivity contribution in [1.29, 1.82) is 0 Å². The average molecular weight is 459 g/mol. The van der Waals surface area contributed by atoms with Gasteiger partial charge in [0.05, 0.1) is 19.1 Å². The molecule has 0 radical (unpaired) electrons. The molecule has 1 aromatic rings. The molecule has 1 aromatic carbocycles. The third-order valence-electron chi connectivity index (χ3n) is 2.76. The molecule has 0 bridgehead atoms. The summed E-state index contributed by atoms with van der Waals surface area (Å²) < 4.78 is 42.0. The van der Waals surface area contributed by atoms with Gasteiger partial charge in [-0.25, -0.2) is 4.99 Å². The van der Waals surface area contributed by atoms with Crippen molar-refractivity contribution < 1.29 is 17.9 Å². The third kappa shape index (κ3) is 10.6. The number of guanidine groups is 1. The molecule has 24 heavy (non-hydrogen) atoms. The van der Waals surface area contributed by atoms with Crippen molar-refractivity contribution in [1.82, 2.24) is 10.6 Å². The predicted octanol–water partition coefficient (Wildman–Crippen LogP) is 4.10. The van der Waals surface area contributed by atoms with Gasteiger partial charge in [0, 0.05) is 13.1 Å². The van der Waals surface area contributed by atoms with Gasteiger partial charge in [0.2, 0.25) is 0 Å². The summed E-state index contributed by atoms with van der Waals surface area (Å²) in [7, 11) is 0. The second kappa shape index (κ2) is 11.4. The average Bonchev–Trinajstić information content (AvgIpc) is 2.44. The Bertz CT molecular complexity index is 490. The number of rotatable bonds is 7. The van der Waals surface area contributed by atoms with Crippen molar-refractivity contribution in [2.24, 2.45) is 4.99 Å². The van der Waals surface area contributed by atoms with Gasteiger partial charge in [-0.3, -0.25) is 0 Å². The fourth-order valence-electron chi connectivity index (χ4n) is 1.78. The van der Waals surface area contributed by atoms with Gasteiger partial charge in [-0.1, -0.05) is 12.1 Å². The Morgan fingerprint density at radius 3 is 2.29 bits per heavy atom. The highest BCUT2D eigenvalue weighted by Crippen LogP contribution is 2.18. The lowest BCUT2D eigenvalue weighted by Crippen LogP contribution is -2.38. The van der Waals surface area contributed by atoms with E-state index in [9.17, 15) is 13.2 Å². The van der Waals surface area contributed by atoms with E-state index >= 15 is 0 Å². The van der Waals surface area contributed by atoms with Gasteiger partial charge in [-0.15, -0.1) is 24.0 Å².